The molecule has 112 valence electrons. The molecule has 0 unspecified atom stereocenters. The van der Waals surface area contributed by atoms with E-state index in [0.29, 0.717) is 0 Å². The molecule has 0 fully saturated rings. The summed E-state index contributed by atoms with van der Waals surface area (Å²) in [5, 5.41) is 12.1. The largest absolute Gasteiger partial charge is 0.387 e. The van der Waals surface area contributed by atoms with Crippen molar-refractivity contribution in [3.63, 3.8) is 0 Å². The van der Waals surface area contributed by atoms with Crippen LogP contribution in [0, 0.1) is 0 Å². The van der Waals surface area contributed by atoms with E-state index in [0.717, 1.165) is 11.4 Å². The van der Waals surface area contributed by atoms with Gasteiger partial charge in [-0.25, -0.2) is 5.06 Å². The Kier molecular flexibility index (Phi) is 4.35. The topological polar surface area (TPSA) is 32.7 Å². The Balaban J connectivity index is 2.39. The normalized spacial score (nSPS) is 12.2. The fraction of sp³-hybridized carbons (Fsp3) is 0.333. The number of para-hydroxylation sites is 2. The zero-order valence-corrected chi connectivity index (χ0v) is 13.1. The van der Waals surface area contributed by atoms with Crippen LogP contribution >= 0.6 is 0 Å². The van der Waals surface area contributed by atoms with E-state index in [1.54, 1.807) is 18.9 Å². The summed E-state index contributed by atoms with van der Waals surface area (Å²) in [4.78, 5) is 6.16. The van der Waals surface area contributed by atoms with Crippen molar-refractivity contribution in [3.8, 4) is 0 Å². The Morgan fingerprint density at radius 2 is 1.14 bits per heavy atom. The number of nitrogens with zero attached hydrogens (tertiary/aromatic N) is 1. The molecule has 0 aliphatic heterocycles. The molecule has 0 amide bonds. The third kappa shape index (κ3) is 3.63. The summed E-state index contributed by atoms with van der Waals surface area (Å²) < 4.78 is 0. The van der Waals surface area contributed by atoms with Gasteiger partial charge in [0.15, 0.2) is 0 Å². The third-order valence-electron chi connectivity index (χ3n) is 3.77. The van der Waals surface area contributed by atoms with Crippen LogP contribution in [0.5, 0.6) is 0 Å². The summed E-state index contributed by atoms with van der Waals surface area (Å²) in [6, 6.07) is 19.7. The molecule has 1 N–H and O–H groups in total. The van der Waals surface area contributed by atoms with Crippen LogP contribution in [0.15, 0.2) is 60.7 Å². The zero-order valence-electron chi connectivity index (χ0n) is 13.1. The third-order valence-corrected chi connectivity index (χ3v) is 3.77. The molecule has 0 heterocycles. The molecule has 3 nitrogen and oxygen atoms in total. The van der Waals surface area contributed by atoms with Gasteiger partial charge in [0.25, 0.3) is 0 Å². The monoisotopic (exact) mass is 285 g/mol. The van der Waals surface area contributed by atoms with Crippen LogP contribution in [0.1, 0.15) is 27.7 Å². The van der Waals surface area contributed by atoms with Gasteiger partial charge in [-0.1, -0.05) is 36.4 Å². The lowest BCUT2D eigenvalue weighted by Gasteiger charge is -2.40. The first-order chi connectivity index (χ1) is 9.81. The standard InChI is InChI=1S/C18H23NO2/c1-17(2,20)18(3,4)21-19(15-11-7-5-8-12-15)16-13-9-6-10-14-16/h5-14,20H,1-4H3. The summed E-state index contributed by atoms with van der Waals surface area (Å²) in [7, 11) is 0. The van der Waals surface area contributed by atoms with E-state index in [1.807, 2.05) is 74.5 Å². The number of hydrogen-bond donors (Lipinski definition) is 1. The van der Waals surface area contributed by atoms with Crippen molar-refractivity contribution < 1.29 is 9.94 Å². The molecular weight excluding hydrogens is 262 g/mol. The minimum atomic E-state index is -0.977. The lowest BCUT2D eigenvalue weighted by molar-refractivity contribution is -0.147. The van der Waals surface area contributed by atoms with Crippen LogP contribution < -0.4 is 5.06 Å². The van der Waals surface area contributed by atoms with Gasteiger partial charge >= 0.3 is 0 Å². The molecule has 0 saturated heterocycles. The van der Waals surface area contributed by atoms with Gasteiger partial charge in [-0.2, -0.15) is 0 Å². The quantitative estimate of drug-likeness (QED) is 0.831. The van der Waals surface area contributed by atoms with Crippen LogP contribution in [0.4, 0.5) is 11.4 Å². The van der Waals surface area contributed by atoms with E-state index in [1.165, 1.54) is 0 Å². The van der Waals surface area contributed by atoms with Crippen molar-refractivity contribution in [3.05, 3.63) is 60.7 Å². The Bertz CT molecular complexity index is 519. The Morgan fingerprint density at radius 3 is 1.48 bits per heavy atom. The smallest absolute Gasteiger partial charge is 0.119 e. The average Bonchev–Trinajstić information content (AvgIpc) is 2.45. The van der Waals surface area contributed by atoms with Crippen LogP contribution in [-0.4, -0.2) is 16.3 Å². The molecule has 21 heavy (non-hydrogen) atoms. The molecule has 2 rings (SSSR count). The maximum atomic E-state index is 10.3. The zero-order chi connectivity index (χ0) is 15.5. The lowest BCUT2D eigenvalue weighted by atomic mass is 9.90. The number of hydrogen-bond acceptors (Lipinski definition) is 3. The van der Waals surface area contributed by atoms with Crippen molar-refractivity contribution in [2.24, 2.45) is 0 Å². The highest BCUT2D eigenvalue weighted by atomic mass is 16.7. The van der Waals surface area contributed by atoms with Crippen molar-refractivity contribution in [2.45, 2.75) is 38.9 Å². The van der Waals surface area contributed by atoms with Gasteiger partial charge in [0, 0.05) is 0 Å². The Morgan fingerprint density at radius 1 is 0.762 bits per heavy atom. The van der Waals surface area contributed by atoms with E-state index in [9.17, 15) is 5.11 Å². The highest BCUT2D eigenvalue weighted by Crippen LogP contribution is 2.33. The van der Waals surface area contributed by atoms with Gasteiger partial charge in [-0.05, 0) is 52.0 Å². The molecule has 0 atom stereocenters. The van der Waals surface area contributed by atoms with Crippen LogP contribution in [0.3, 0.4) is 0 Å². The molecule has 0 bridgehead atoms. The van der Waals surface area contributed by atoms with Crippen molar-refractivity contribution in [1.82, 2.24) is 0 Å². The summed E-state index contributed by atoms with van der Waals surface area (Å²) in [6.45, 7) is 7.26. The number of benzene rings is 2. The van der Waals surface area contributed by atoms with E-state index >= 15 is 0 Å². The van der Waals surface area contributed by atoms with E-state index in [2.05, 4.69) is 0 Å². The van der Waals surface area contributed by atoms with Gasteiger partial charge < -0.3 is 5.11 Å². The summed E-state index contributed by atoms with van der Waals surface area (Å²) in [5.41, 5.74) is 0.107. The molecule has 0 spiro atoms. The summed E-state index contributed by atoms with van der Waals surface area (Å²) in [5.74, 6) is 0. The number of aliphatic hydroxyl groups is 1. The fourth-order valence-corrected chi connectivity index (χ4v) is 1.72. The second kappa shape index (κ2) is 5.88. The lowest BCUT2D eigenvalue weighted by Crippen LogP contribution is -2.50. The van der Waals surface area contributed by atoms with E-state index < -0.39 is 11.2 Å². The van der Waals surface area contributed by atoms with Gasteiger partial charge in [0.2, 0.25) is 0 Å². The predicted octanol–water partition coefficient (Wildman–Crippen LogP) is 4.31. The molecule has 2 aromatic rings. The van der Waals surface area contributed by atoms with Crippen molar-refractivity contribution in [1.29, 1.82) is 0 Å². The highest BCUT2D eigenvalue weighted by molar-refractivity contribution is 5.60. The van der Waals surface area contributed by atoms with Crippen LogP contribution in [-0.2, 0) is 4.84 Å². The molecule has 0 aromatic heterocycles. The highest BCUT2D eigenvalue weighted by Gasteiger charge is 2.39. The molecule has 3 heteroatoms. The number of rotatable bonds is 5. The minimum Gasteiger partial charge on any atom is -0.387 e. The van der Waals surface area contributed by atoms with Gasteiger partial charge in [-0.3, -0.25) is 4.84 Å². The van der Waals surface area contributed by atoms with Gasteiger partial charge in [-0.15, -0.1) is 0 Å². The maximum Gasteiger partial charge on any atom is 0.119 e. The second-order valence-corrected chi connectivity index (χ2v) is 6.13. The summed E-state index contributed by atoms with van der Waals surface area (Å²) >= 11 is 0. The van der Waals surface area contributed by atoms with Crippen LogP contribution in [0.25, 0.3) is 0 Å². The SMILES string of the molecule is CC(C)(O)C(C)(C)ON(c1ccccc1)c1ccccc1. The molecular formula is C18H23NO2. The van der Waals surface area contributed by atoms with Gasteiger partial charge in [0.05, 0.1) is 17.0 Å². The average molecular weight is 285 g/mol. The second-order valence-electron chi connectivity index (χ2n) is 6.13. The first-order valence-electron chi connectivity index (χ1n) is 7.13. The first kappa shape index (κ1) is 15.5. The molecule has 0 radical (unpaired) electrons. The maximum absolute atomic E-state index is 10.3. The Hall–Kier alpha value is -1.84. The molecule has 0 aliphatic carbocycles. The van der Waals surface area contributed by atoms with Crippen LogP contribution in [0.2, 0.25) is 0 Å². The number of anilines is 2. The van der Waals surface area contributed by atoms with Gasteiger partial charge in [0.1, 0.15) is 5.60 Å². The fourth-order valence-electron chi connectivity index (χ4n) is 1.72. The van der Waals surface area contributed by atoms with E-state index in [-0.39, 0.29) is 0 Å². The molecule has 0 saturated carbocycles. The van der Waals surface area contributed by atoms with Crippen molar-refractivity contribution >= 4 is 11.4 Å². The van der Waals surface area contributed by atoms with E-state index in [4.69, 9.17) is 4.84 Å². The molecule has 2 aromatic carbocycles. The minimum absolute atomic E-state index is 0.751. The molecule has 0 aliphatic rings. The first-order valence-corrected chi connectivity index (χ1v) is 7.13. The summed E-state index contributed by atoms with van der Waals surface area (Å²) in [6.07, 6.45) is 0. The predicted molar refractivity (Wildman–Crippen MR) is 86.5 cm³/mol. The Labute approximate surface area is 126 Å². The van der Waals surface area contributed by atoms with Crippen molar-refractivity contribution in [2.75, 3.05) is 5.06 Å².